The quantitative estimate of drug-likeness (QED) is 0.840. The summed E-state index contributed by atoms with van der Waals surface area (Å²) in [5, 5.41) is 3.41. The van der Waals surface area contributed by atoms with Gasteiger partial charge in [-0.25, -0.2) is 0 Å². The monoisotopic (exact) mass is 230 g/mol. The first-order chi connectivity index (χ1) is 8.19. The van der Waals surface area contributed by atoms with Gasteiger partial charge in [-0.1, -0.05) is 26.0 Å². The van der Waals surface area contributed by atoms with Crippen LogP contribution in [0.1, 0.15) is 31.7 Å². The lowest BCUT2D eigenvalue weighted by atomic mass is 9.81. The number of rotatable bonds is 2. The second-order valence-corrected chi connectivity index (χ2v) is 6.02. The Bertz CT molecular complexity index is 390. The van der Waals surface area contributed by atoms with Crippen molar-refractivity contribution in [1.29, 1.82) is 0 Å². The molecule has 1 aromatic carbocycles. The van der Waals surface area contributed by atoms with Crippen LogP contribution in [0.3, 0.4) is 0 Å². The fraction of sp³-hybridized carbons (Fsp3) is 0.600. The molecule has 0 aliphatic carbocycles. The molecule has 3 rings (SSSR count). The normalized spacial score (nSPS) is 22.2. The minimum atomic E-state index is 0.594. The maximum Gasteiger partial charge on any atom is 0.0366 e. The molecular formula is C15H22N2. The van der Waals surface area contributed by atoms with E-state index in [0.717, 1.165) is 0 Å². The van der Waals surface area contributed by atoms with Crippen LogP contribution in [-0.4, -0.2) is 26.2 Å². The van der Waals surface area contributed by atoms with Gasteiger partial charge in [-0.3, -0.25) is 0 Å². The molecule has 0 bridgehead atoms. The molecule has 92 valence electrons. The van der Waals surface area contributed by atoms with Crippen molar-refractivity contribution in [2.45, 2.75) is 26.2 Å². The molecule has 2 nitrogen and oxygen atoms in total. The molecule has 2 saturated heterocycles. The summed E-state index contributed by atoms with van der Waals surface area (Å²) in [6, 6.07) is 9.15. The highest BCUT2D eigenvalue weighted by molar-refractivity contribution is 5.49. The molecule has 0 amide bonds. The predicted molar refractivity (Wildman–Crippen MR) is 72.7 cm³/mol. The number of benzene rings is 1. The maximum atomic E-state index is 3.41. The molecule has 17 heavy (non-hydrogen) atoms. The third kappa shape index (κ3) is 1.95. The molecule has 0 unspecified atom stereocenters. The molecule has 1 aromatic rings. The van der Waals surface area contributed by atoms with E-state index in [1.54, 1.807) is 0 Å². The zero-order chi connectivity index (χ0) is 11.9. The number of nitrogens with one attached hydrogen (secondary N) is 1. The minimum absolute atomic E-state index is 0.594. The van der Waals surface area contributed by atoms with E-state index in [4.69, 9.17) is 0 Å². The van der Waals surface area contributed by atoms with Gasteiger partial charge in [0, 0.05) is 37.3 Å². The Balaban J connectivity index is 1.72. The van der Waals surface area contributed by atoms with Gasteiger partial charge in [0.2, 0.25) is 0 Å². The van der Waals surface area contributed by atoms with Crippen molar-refractivity contribution in [3.8, 4) is 0 Å². The van der Waals surface area contributed by atoms with Crippen molar-refractivity contribution < 1.29 is 0 Å². The van der Waals surface area contributed by atoms with Crippen LogP contribution in [0, 0.1) is 5.41 Å². The first kappa shape index (κ1) is 11.1. The van der Waals surface area contributed by atoms with Crippen molar-refractivity contribution >= 4 is 5.69 Å². The largest absolute Gasteiger partial charge is 0.371 e. The first-order valence-electron chi connectivity index (χ1n) is 6.74. The summed E-state index contributed by atoms with van der Waals surface area (Å²) in [5.41, 5.74) is 3.43. The van der Waals surface area contributed by atoms with Crippen molar-refractivity contribution in [3.05, 3.63) is 29.8 Å². The van der Waals surface area contributed by atoms with Gasteiger partial charge < -0.3 is 10.2 Å². The number of hydrogen-bond acceptors (Lipinski definition) is 2. The standard InChI is InChI=1S/C15H22N2/c1-12(2)13-3-5-14(6-4-13)17-8-7-15(11-17)9-16-10-15/h3-6,12,16H,7-11H2,1-2H3. The third-order valence-electron chi connectivity index (χ3n) is 4.36. The second-order valence-electron chi connectivity index (χ2n) is 6.02. The lowest BCUT2D eigenvalue weighted by Crippen LogP contribution is -2.54. The molecular weight excluding hydrogens is 208 g/mol. The molecule has 2 heteroatoms. The van der Waals surface area contributed by atoms with Crippen LogP contribution in [-0.2, 0) is 0 Å². The van der Waals surface area contributed by atoms with E-state index in [0.29, 0.717) is 11.3 Å². The van der Waals surface area contributed by atoms with Crippen molar-refractivity contribution in [2.75, 3.05) is 31.1 Å². The van der Waals surface area contributed by atoms with E-state index < -0.39 is 0 Å². The highest BCUT2D eigenvalue weighted by atomic mass is 15.2. The molecule has 0 saturated carbocycles. The zero-order valence-corrected chi connectivity index (χ0v) is 10.9. The predicted octanol–water partition coefficient (Wildman–Crippen LogP) is 2.61. The van der Waals surface area contributed by atoms with Crippen LogP contribution in [0.25, 0.3) is 0 Å². The fourth-order valence-electron chi connectivity index (χ4n) is 2.99. The van der Waals surface area contributed by atoms with Gasteiger partial charge in [-0.15, -0.1) is 0 Å². The Morgan fingerprint density at radius 3 is 2.35 bits per heavy atom. The highest BCUT2D eigenvalue weighted by Crippen LogP contribution is 2.36. The van der Waals surface area contributed by atoms with Crippen LogP contribution in [0.5, 0.6) is 0 Å². The Hall–Kier alpha value is -1.02. The molecule has 1 spiro atoms. The van der Waals surface area contributed by atoms with Gasteiger partial charge in [0.25, 0.3) is 0 Å². The Kier molecular flexibility index (Phi) is 2.62. The number of nitrogens with zero attached hydrogens (tertiary/aromatic N) is 1. The number of anilines is 1. The smallest absolute Gasteiger partial charge is 0.0366 e. The topological polar surface area (TPSA) is 15.3 Å². The first-order valence-corrected chi connectivity index (χ1v) is 6.74. The molecule has 0 atom stereocenters. The summed E-state index contributed by atoms with van der Waals surface area (Å²) in [5.74, 6) is 0.629. The van der Waals surface area contributed by atoms with Crippen molar-refractivity contribution in [2.24, 2.45) is 5.41 Å². The highest BCUT2D eigenvalue weighted by Gasteiger charge is 2.42. The minimum Gasteiger partial charge on any atom is -0.371 e. The average Bonchev–Trinajstić information content (AvgIpc) is 2.74. The SMILES string of the molecule is CC(C)c1ccc(N2CCC3(CNC3)C2)cc1. The van der Waals surface area contributed by atoms with Crippen LogP contribution >= 0.6 is 0 Å². The van der Waals surface area contributed by atoms with E-state index in [9.17, 15) is 0 Å². The maximum absolute atomic E-state index is 3.41. The van der Waals surface area contributed by atoms with Crippen molar-refractivity contribution in [3.63, 3.8) is 0 Å². The Morgan fingerprint density at radius 1 is 1.18 bits per heavy atom. The molecule has 0 aromatic heterocycles. The van der Waals surface area contributed by atoms with Gasteiger partial charge in [-0.05, 0) is 30.0 Å². The summed E-state index contributed by atoms with van der Waals surface area (Å²) in [7, 11) is 0. The Labute approximate surface area is 104 Å². The summed E-state index contributed by atoms with van der Waals surface area (Å²) in [4.78, 5) is 2.55. The van der Waals surface area contributed by atoms with E-state index >= 15 is 0 Å². The lowest BCUT2D eigenvalue weighted by Gasteiger charge is -2.39. The average molecular weight is 230 g/mol. The zero-order valence-electron chi connectivity index (χ0n) is 10.9. The van der Waals surface area contributed by atoms with Gasteiger partial charge in [0.1, 0.15) is 0 Å². The second kappa shape index (κ2) is 4.02. The van der Waals surface area contributed by atoms with Gasteiger partial charge >= 0.3 is 0 Å². The molecule has 2 fully saturated rings. The van der Waals surface area contributed by atoms with Crippen LogP contribution in [0.4, 0.5) is 5.69 Å². The van der Waals surface area contributed by atoms with Crippen LogP contribution < -0.4 is 10.2 Å². The van der Waals surface area contributed by atoms with E-state index in [-0.39, 0.29) is 0 Å². The Morgan fingerprint density at radius 2 is 1.88 bits per heavy atom. The third-order valence-corrected chi connectivity index (χ3v) is 4.36. The van der Waals surface area contributed by atoms with Crippen LogP contribution in [0.2, 0.25) is 0 Å². The molecule has 0 radical (unpaired) electrons. The molecule has 1 N–H and O–H groups in total. The summed E-state index contributed by atoms with van der Waals surface area (Å²) in [6.45, 7) is 9.39. The summed E-state index contributed by atoms with van der Waals surface area (Å²) >= 11 is 0. The van der Waals surface area contributed by atoms with Crippen molar-refractivity contribution in [1.82, 2.24) is 5.32 Å². The van der Waals surface area contributed by atoms with Gasteiger partial charge in [-0.2, -0.15) is 0 Å². The molecule has 2 heterocycles. The number of hydrogen-bond donors (Lipinski definition) is 1. The fourth-order valence-corrected chi connectivity index (χ4v) is 2.99. The van der Waals surface area contributed by atoms with E-state index in [2.05, 4.69) is 48.3 Å². The summed E-state index contributed by atoms with van der Waals surface area (Å²) < 4.78 is 0. The van der Waals surface area contributed by atoms with E-state index in [1.807, 2.05) is 0 Å². The van der Waals surface area contributed by atoms with E-state index in [1.165, 1.54) is 43.9 Å². The van der Waals surface area contributed by atoms with Gasteiger partial charge in [0.05, 0.1) is 0 Å². The summed E-state index contributed by atoms with van der Waals surface area (Å²) in [6.07, 6.45) is 1.35. The molecule has 2 aliphatic heterocycles. The lowest BCUT2D eigenvalue weighted by molar-refractivity contribution is 0.200. The van der Waals surface area contributed by atoms with Gasteiger partial charge in [0.15, 0.2) is 0 Å². The molecule has 2 aliphatic rings. The van der Waals surface area contributed by atoms with Crippen LogP contribution in [0.15, 0.2) is 24.3 Å².